The predicted octanol–water partition coefficient (Wildman–Crippen LogP) is 0.441. The Balaban J connectivity index is 2.54. The SMILES string of the molecule is CC1(Cl)N=C1CS(C)(=O)=O. The molecule has 1 rings (SSSR count). The summed E-state index contributed by atoms with van der Waals surface area (Å²) in [4.78, 5) is 3.08. The molecule has 3 nitrogen and oxygen atoms in total. The van der Waals surface area contributed by atoms with Crippen LogP contribution in [0, 0.1) is 0 Å². The topological polar surface area (TPSA) is 46.5 Å². The van der Waals surface area contributed by atoms with E-state index in [1.165, 1.54) is 6.26 Å². The zero-order chi connectivity index (χ0) is 7.99. The van der Waals surface area contributed by atoms with E-state index in [2.05, 4.69) is 4.99 Å². The fourth-order valence-corrected chi connectivity index (χ4v) is 1.73. The number of aliphatic imine (C=N–C) groups is 1. The van der Waals surface area contributed by atoms with E-state index in [0.717, 1.165) is 0 Å². The highest BCUT2D eigenvalue weighted by Crippen LogP contribution is 2.32. The van der Waals surface area contributed by atoms with Gasteiger partial charge in [0.05, 0.1) is 11.5 Å². The monoisotopic (exact) mass is 181 g/mol. The quantitative estimate of drug-likeness (QED) is 0.459. The lowest BCUT2D eigenvalue weighted by Crippen LogP contribution is -2.15. The summed E-state index contributed by atoms with van der Waals surface area (Å²) in [5.74, 6) is -0.00694. The summed E-state index contributed by atoms with van der Waals surface area (Å²) in [6.45, 7) is 1.68. The van der Waals surface area contributed by atoms with Crippen molar-refractivity contribution in [2.45, 2.75) is 11.9 Å². The fourth-order valence-electron chi connectivity index (χ4n) is 0.638. The first-order chi connectivity index (χ1) is 4.31. The summed E-state index contributed by atoms with van der Waals surface area (Å²) < 4.78 is 21.3. The molecule has 0 radical (unpaired) electrons. The van der Waals surface area contributed by atoms with E-state index in [9.17, 15) is 8.42 Å². The Hall–Kier alpha value is -0.0900. The largest absolute Gasteiger partial charge is 0.261 e. The molecule has 5 heteroatoms. The molecular weight excluding hydrogens is 174 g/mol. The summed E-state index contributed by atoms with van der Waals surface area (Å²) in [6, 6.07) is 0. The van der Waals surface area contributed by atoms with Gasteiger partial charge in [-0.2, -0.15) is 0 Å². The molecule has 58 valence electrons. The van der Waals surface area contributed by atoms with Crippen LogP contribution in [0.15, 0.2) is 4.99 Å². The van der Waals surface area contributed by atoms with Crippen LogP contribution in [0.5, 0.6) is 0 Å². The van der Waals surface area contributed by atoms with Gasteiger partial charge in [-0.25, -0.2) is 8.42 Å². The molecule has 0 saturated carbocycles. The van der Waals surface area contributed by atoms with Gasteiger partial charge < -0.3 is 0 Å². The third-order valence-electron chi connectivity index (χ3n) is 1.22. The van der Waals surface area contributed by atoms with Crippen molar-refractivity contribution in [2.24, 2.45) is 4.99 Å². The molecule has 1 heterocycles. The van der Waals surface area contributed by atoms with Crippen molar-refractivity contribution >= 4 is 27.1 Å². The number of hydrogen-bond donors (Lipinski definition) is 0. The summed E-state index contributed by atoms with van der Waals surface area (Å²) >= 11 is 5.65. The number of sulfone groups is 1. The minimum Gasteiger partial charge on any atom is -0.261 e. The molecular formula is C5H8ClNO2S. The Kier molecular flexibility index (Phi) is 1.56. The Morgan fingerprint density at radius 1 is 1.70 bits per heavy atom. The molecule has 0 aliphatic carbocycles. The number of hydrogen-bond acceptors (Lipinski definition) is 3. The Morgan fingerprint density at radius 2 is 2.10 bits per heavy atom. The van der Waals surface area contributed by atoms with Gasteiger partial charge >= 0.3 is 0 Å². The van der Waals surface area contributed by atoms with Gasteiger partial charge in [0.2, 0.25) is 0 Å². The first-order valence-electron chi connectivity index (χ1n) is 2.77. The smallest absolute Gasteiger partial charge is 0.169 e. The number of halogens is 1. The van der Waals surface area contributed by atoms with Crippen LogP contribution in [0.1, 0.15) is 6.92 Å². The molecule has 0 amide bonds. The summed E-state index contributed by atoms with van der Waals surface area (Å²) in [5, 5.41) is 0. The van der Waals surface area contributed by atoms with E-state index < -0.39 is 14.8 Å². The average Bonchev–Trinajstić information content (AvgIpc) is 2.05. The highest BCUT2D eigenvalue weighted by atomic mass is 35.5. The Bertz CT molecular complexity index is 278. The van der Waals surface area contributed by atoms with Crippen molar-refractivity contribution in [2.75, 3.05) is 12.0 Å². The molecule has 1 aliphatic heterocycles. The van der Waals surface area contributed by atoms with Crippen molar-refractivity contribution in [3.05, 3.63) is 0 Å². The third-order valence-corrected chi connectivity index (χ3v) is 2.32. The van der Waals surface area contributed by atoms with Crippen LogP contribution < -0.4 is 0 Å². The highest BCUT2D eigenvalue weighted by molar-refractivity contribution is 7.91. The fraction of sp³-hybridized carbons (Fsp3) is 0.800. The summed E-state index contributed by atoms with van der Waals surface area (Å²) in [6.07, 6.45) is 1.17. The van der Waals surface area contributed by atoms with Gasteiger partial charge in [0.15, 0.2) is 14.8 Å². The highest BCUT2D eigenvalue weighted by Gasteiger charge is 2.41. The van der Waals surface area contributed by atoms with Gasteiger partial charge in [0.25, 0.3) is 0 Å². The van der Waals surface area contributed by atoms with Gasteiger partial charge in [0, 0.05) is 6.26 Å². The molecule has 1 aliphatic rings. The van der Waals surface area contributed by atoms with Crippen molar-refractivity contribution < 1.29 is 8.42 Å². The zero-order valence-electron chi connectivity index (χ0n) is 5.76. The van der Waals surface area contributed by atoms with E-state index in [1.54, 1.807) is 6.92 Å². The van der Waals surface area contributed by atoms with E-state index >= 15 is 0 Å². The second kappa shape index (κ2) is 1.95. The second-order valence-electron chi connectivity index (χ2n) is 2.58. The van der Waals surface area contributed by atoms with Crippen LogP contribution in [0.25, 0.3) is 0 Å². The molecule has 0 aromatic heterocycles. The summed E-state index contributed by atoms with van der Waals surface area (Å²) in [7, 11) is -2.95. The molecule has 0 bridgehead atoms. The molecule has 0 N–H and O–H groups in total. The van der Waals surface area contributed by atoms with Crippen molar-refractivity contribution in [3.63, 3.8) is 0 Å². The molecule has 0 aromatic rings. The molecule has 0 saturated heterocycles. The van der Waals surface area contributed by atoms with E-state index in [0.29, 0.717) is 5.71 Å². The van der Waals surface area contributed by atoms with Crippen LogP contribution in [0.3, 0.4) is 0 Å². The molecule has 1 unspecified atom stereocenters. The normalized spacial score (nSPS) is 31.7. The maximum atomic E-state index is 10.6. The second-order valence-corrected chi connectivity index (χ2v) is 5.46. The van der Waals surface area contributed by atoms with Crippen LogP contribution in [-0.4, -0.2) is 31.1 Å². The van der Waals surface area contributed by atoms with Crippen LogP contribution in [-0.2, 0) is 9.84 Å². The van der Waals surface area contributed by atoms with Crippen LogP contribution in [0.2, 0.25) is 0 Å². The van der Waals surface area contributed by atoms with E-state index in [-0.39, 0.29) is 5.75 Å². The minimum atomic E-state index is -2.95. The maximum absolute atomic E-state index is 10.6. The predicted molar refractivity (Wildman–Crippen MR) is 41.4 cm³/mol. The van der Waals surface area contributed by atoms with Gasteiger partial charge in [0.1, 0.15) is 0 Å². The van der Waals surface area contributed by atoms with Crippen molar-refractivity contribution in [1.82, 2.24) is 0 Å². The van der Waals surface area contributed by atoms with Gasteiger partial charge in [-0.1, -0.05) is 11.6 Å². The van der Waals surface area contributed by atoms with Gasteiger partial charge in [-0.05, 0) is 6.92 Å². The van der Waals surface area contributed by atoms with Crippen molar-refractivity contribution in [1.29, 1.82) is 0 Å². The molecule has 10 heavy (non-hydrogen) atoms. The summed E-state index contributed by atoms with van der Waals surface area (Å²) in [5.41, 5.74) is 0.566. The van der Waals surface area contributed by atoms with Crippen LogP contribution in [0.4, 0.5) is 0 Å². The standard InChI is InChI=1S/C5H8ClNO2S/c1-5(6)4(7-5)3-10(2,8)9/h3H2,1-2H3. The molecule has 0 fully saturated rings. The zero-order valence-corrected chi connectivity index (χ0v) is 7.33. The van der Waals surface area contributed by atoms with Gasteiger partial charge in [-0.3, -0.25) is 4.99 Å². The molecule has 1 atom stereocenters. The minimum absolute atomic E-state index is 0.00694. The number of nitrogens with zero attached hydrogens (tertiary/aromatic N) is 1. The van der Waals surface area contributed by atoms with Crippen LogP contribution >= 0.6 is 11.6 Å². The first-order valence-corrected chi connectivity index (χ1v) is 5.21. The average molecular weight is 182 g/mol. The lowest BCUT2D eigenvalue weighted by Gasteiger charge is -1.94. The number of rotatable bonds is 2. The first kappa shape index (κ1) is 8.01. The Labute approximate surface area is 65.0 Å². The lowest BCUT2D eigenvalue weighted by molar-refractivity contribution is 0.605. The van der Waals surface area contributed by atoms with Gasteiger partial charge in [-0.15, -0.1) is 0 Å². The van der Waals surface area contributed by atoms with E-state index in [1.807, 2.05) is 0 Å². The lowest BCUT2D eigenvalue weighted by atomic mass is 10.4. The number of alkyl halides is 1. The Morgan fingerprint density at radius 3 is 2.20 bits per heavy atom. The molecule has 0 aromatic carbocycles. The van der Waals surface area contributed by atoms with E-state index in [4.69, 9.17) is 11.6 Å². The van der Waals surface area contributed by atoms with Crippen molar-refractivity contribution in [3.8, 4) is 0 Å². The molecule has 0 spiro atoms. The third kappa shape index (κ3) is 1.95. The maximum Gasteiger partial charge on any atom is 0.169 e.